The lowest BCUT2D eigenvalue weighted by molar-refractivity contribution is -0.122. The van der Waals surface area contributed by atoms with Crippen molar-refractivity contribution in [2.24, 2.45) is 23.3 Å². The molecule has 2 amide bonds. The predicted octanol–water partition coefficient (Wildman–Crippen LogP) is 0.209. The maximum Gasteiger partial charge on any atom is 0.404 e. The molecular weight excluding hydrogens is 222 g/mol. The Kier molecular flexibility index (Phi) is 8.13. The summed E-state index contributed by atoms with van der Waals surface area (Å²) in [6.07, 6.45) is 0.506. The standard InChI is InChI=1S/C11H23N3O3/c1-8(2)5-9(7-12)6-10(15)14-3-4-17-11(13)16/h8-9H,3-7,12H2,1-2H3,(H2,13,16)(H,14,15). The van der Waals surface area contributed by atoms with Gasteiger partial charge in [-0.3, -0.25) is 4.79 Å². The van der Waals surface area contributed by atoms with Crippen molar-refractivity contribution in [1.29, 1.82) is 0 Å². The first-order valence-corrected chi connectivity index (χ1v) is 5.84. The number of nitrogens with two attached hydrogens (primary N) is 2. The topological polar surface area (TPSA) is 107 Å². The highest BCUT2D eigenvalue weighted by Gasteiger charge is 2.13. The van der Waals surface area contributed by atoms with Gasteiger partial charge >= 0.3 is 6.09 Å². The number of carbonyl (C=O) groups excluding carboxylic acids is 2. The second-order valence-electron chi connectivity index (χ2n) is 4.45. The Balaban J connectivity index is 3.71. The highest BCUT2D eigenvalue weighted by atomic mass is 16.5. The molecule has 0 aliphatic rings. The predicted molar refractivity (Wildman–Crippen MR) is 65.2 cm³/mol. The molecule has 1 unspecified atom stereocenters. The van der Waals surface area contributed by atoms with E-state index in [1.807, 2.05) is 0 Å². The third kappa shape index (κ3) is 9.62. The molecule has 0 bridgehead atoms. The van der Waals surface area contributed by atoms with Crippen LogP contribution in [-0.4, -0.2) is 31.7 Å². The first-order valence-electron chi connectivity index (χ1n) is 5.84. The SMILES string of the molecule is CC(C)CC(CN)CC(=O)NCCOC(N)=O. The summed E-state index contributed by atoms with van der Waals surface area (Å²) in [6.45, 7) is 5.07. The van der Waals surface area contributed by atoms with Crippen LogP contribution in [0.1, 0.15) is 26.7 Å². The molecule has 5 N–H and O–H groups in total. The Morgan fingerprint density at radius 1 is 1.35 bits per heavy atom. The number of hydrogen-bond acceptors (Lipinski definition) is 4. The molecule has 0 spiro atoms. The molecule has 0 aromatic rings. The molecule has 0 rings (SSSR count). The molecule has 0 radical (unpaired) electrons. The van der Waals surface area contributed by atoms with E-state index in [-0.39, 0.29) is 25.0 Å². The number of carbonyl (C=O) groups is 2. The molecule has 0 aromatic carbocycles. The number of nitrogens with one attached hydrogen (secondary N) is 1. The van der Waals surface area contributed by atoms with Crippen molar-refractivity contribution in [3.05, 3.63) is 0 Å². The molecule has 0 aliphatic heterocycles. The van der Waals surface area contributed by atoms with E-state index in [9.17, 15) is 9.59 Å². The van der Waals surface area contributed by atoms with Gasteiger partial charge in [0.2, 0.25) is 5.91 Å². The van der Waals surface area contributed by atoms with Crippen molar-refractivity contribution >= 4 is 12.0 Å². The van der Waals surface area contributed by atoms with E-state index in [2.05, 4.69) is 23.9 Å². The number of hydrogen-bond donors (Lipinski definition) is 3. The zero-order valence-electron chi connectivity index (χ0n) is 10.6. The lowest BCUT2D eigenvalue weighted by Gasteiger charge is -2.16. The second kappa shape index (κ2) is 8.81. The largest absolute Gasteiger partial charge is 0.448 e. The second-order valence-corrected chi connectivity index (χ2v) is 4.45. The molecule has 0 heterocycles. The van der Waals surface area contributed by atoms with Crippen molar-refractivity contribution in [2.45, 2.75) is 26.7 Å². The van der Waals surface area contributed by atoms with Gasteiger partial charge in [-0.2, -0.15) is 0 Å². The molecule has 0 aliphatic carbocycles. The summed E-state index contributed by atoms with van der Waals surface area (Å²) in [5.74, 6) is 0.649. The lowest BCUT2D eigenvalue weighted by atomic mass is 9.94. The monoisotopic (exact) mass is 245 g/mol. The van der Waals surface area contributed by atoms with Crippen LogP contribution in [-0.2, 0) is 9.53 Å². The van der Waals surface area contributed by atoms with Crippen LogP contribution >= 0.6 is 0 Å². The maximum atomic E-state index is 11.5. The van der Waals surface area contributed by atoms with Crippen molar-refractivity contribution in [3.63, 3.8) is 0 Å². The number of ether oxygens (including phenoxy) is 1. The first kappa shape index (κ1) is 15.7. The number of rotatable bonds is 8. The molecule has 1 atom stereocenters. The molecule has 0 saturated carbocycles. The minimum Gasteiger partial charge on any atom is -0.448 e. The van der Waals surface area contributed by atoms with Crippen LogP contribution in [0.25, 0.3) is 0 Å². The first-order chi connectivity index (χ1) is 7.95. The smallest absolute Gasteiger partial charge is 0.404 e. The van der Waals surface area contributed by atoms with Gasteiger partial charge in [0.05, 0.1) is 6.54 Å². The van der Waals surface area contributed by atoms with Gasteiger partial charge in [0.1, 0.15) is 6.61 Å². The van der Waals surface area contributed by atoms with Crippen molar-refractivity contribution in [1.82, 2.24) is 5.32 Å². The van der Waals surface area contributed by atoms with Crippen molar-refractivity contribution in [3.8, 4) is 0 Å². The van der Waals surface area contributed by atoms with E-state index in [1.54, 1.807) is 0 Å². The summed E-state index contributed by atoms with van der Waals surface area (Å²) in [5.41, 5.74) is 10.4. The Bertz CT molecular complexity index is 244. The summed E-state index contributed by atoms with van der Waals surface area (Å²) < 4.78 is 4.49. The van der Waals surface area contributed by atoms with Crippen LogP contribution in [0.2, 0.25) is 0 Å². The quantitative estimate of drug-likeness (QED) is 0.531. The molecule has 17 heavy (non-hydrogen) atoms. The van der Waals surface area contributed by atoms with Gasteiger partial charge in [0, 0.05) is 6.42 Å². The van der Waals surface area contributed by atoms with Gasteiger partial charge in [0.15, 0.2) is 0 Å². The number of primary amides is 1. The van der Waals surface area contributed by atoms with Gasteiger partial charge in [-0.05, 0) is 24.8 Å². The van der Waals surface area contributed by atoms with Crippen LogP contribution < -0.4 is 16.8 Å². The fraction of sp³-hybridized carbons (Fsp3) is 0.818. The summed E-state index contributed by atoms with van der Waals surface area (Å²) in [6, 6.07) is 0. The molecule has 6 heteroatoms. The highest BCUT2D eigenvalue weighted by Crippen LogP contribution is 2.13. The Morgan fingerprint density at radius 2 is 2.00 bits per heavy atom. The van der Waals surface area contributed by atoms with Crippen LogP contribution in [0.4, 0.5) is 4.79 Å². The van der Waals surface area contributed by atoms with E-state index in [1.165, 1.54) is 0 Å². The van der Waals surface area contributed by atoms with Crippen LogP contribution in [0.15, 0.2) is 0 Å². The fourth-order valence-electron chi connectivity index (χ4n) is 1.61. The van der Waals surface area contributed by atoms with Gasteiger partial charge in [0.25, 0.3) is 0 Å². The minimum atomic E-state index is -0.834. The molecule has 0 fully saturated rings. The molecule has 0 saturated heterocycles. The van der Waals surface area contributed by atoms with Crippen LogP contribution in [0, 0.1) is 11.8 Å². The molecule has 6 nitrogen and oxygen atoms in total. The highest BCUT2D eigenvalue weighted by molar-refractivity contribution is 5.76. The summed E-state index contributed by atoms with van der Waals surface area (Å²) in [7, 11) is 0. The average molecular weight is 245 g/mol. The van der Waals surface area contributed by atoms with Crippen LogP contribution in [0.5, 0.6) is 0 Å². The fourth-order valence-corrected chi connectivity index (χ4v) is 1.61. The average Bonchev–Trinajstić information content (AvgIpc) is 2.22. The molecule has 100 valence electrons. The molecule has 0 aromatic heterocycles. The summed E-state index contributed by atoms with van der Waals surface area (Å²) in [5, 5.41) is 2.65. The van der Waals surface area contributed by atoms with Crippen LogP contribution in [0.3, 0.4) is 0 Å². The van der Waals surface area contributed by atoms with E-state index in [0.717, 1.165) is 6.42 Å². The normalized spacial score (nSPS) is 12.2. The summed E-state index contributed by atoms with van der Waals surface area (Å²) in [4.78, 5) is 21.8. The Hall–Kier alpha value is -1.30. The zero-order chi connectivity index (χ0) is 13.3. The lowest BCUT2D eigenvalue weighted by Crippen LogP contribution is -2.32. The van der Waals surface area contributed by atoms with Crippen molar-refractivity contribution < 1.29 is 14.3 Å². The third-order valence-corrected chi connectivity index (χ3v) is 2.28. The summed E-state index contributed by atoms with van der Waals surface area (Å²) >= 11 is 0. The Morgan fingerprint density at radius 3 is 2.47 bits per heavy atom. The van der Waals surface area contributed by atoms with Gasteiger partial charge in [-0.1, -0.05) is 13.8 Å². The third-order valence-electron chi connectivity index (χ3n) is 2.28. The van der Waals surface area contributed by atoms with E-state index < -0.39 is 6.09 Å². The van der Waals surface area contributed by atoms with Gasteiger partial charge < -0.3 is 21.5 Å². The van der Waals surface area contributed by atoms with E-state index >= 15 is 0 Å². The zero-order valence-corrected chi connectivity index (χ0v) is 10.6. The van der Waals surface area contributed by atoms with Gasteiger partial charge in [-0.15, -0.1) is 0 Å². The van der Waals surface area contributed by atoms with E-state index in [4.69, 9.17) is 11.5 Å². The van der Waals surface area contributed by atoms with Crippen molar-refractivity contribution in [2.75, 3.05) is 19.7 Å². The van der Waals surface area contributed by atoms with Gasteiger partial charge in [-0.25, -0.2) is 4.79 Å². The minimum absolute atomic E-state index is 0.0748. The number of amides is 2. The van der Waals surface area contributed by atoms with E-state index in [0.29, 0.717) is 18.9 Å². The maximum absolute atomic E-state index is 11.5. The Labute approximate surface area is 102 Å². The molecular formula is C11H23N3O3.